The van der Waals surface area contributed by atoms with Gasteiger partial charge in [-0.1, -0.05) is 23.3 Å². The van der Waals surface area contributed by atoms with Gasteiger partial charge < -0.3 is 4.42 Å². The first kappa shape index (κ1) is 9.07. The predicted molar refractivity (Wildman–Crippen MR) is 59.8 cm³/mol. The standard InChI is InChI=1S/C11H5N3OS/c12-5-10-13-14-11(15-10)8-6-16-9-4-2-1-3-7(8)9/h1-4,6H. The Kier molecular flexibility index (Phi) is 1.95. The lowest BCUT2D eigenvalue weighted by molar-refractivity contribution is 0.554. The molecule has 1 aromatic carbocycles. The van der Waals surface area contributed by atoms with E-state index in [0.29, 0.717) is 5.89 Å². The summed E-state index contributed by atoms with van der Waals surface area (Å²) in [6.45, 7) is 0. The molecule has 0 saturated heterocycles. The van der Waals surface area contributed by atoms with Gasteiger partial charge in [0.15, 0.2) is 6.07 Å². The van der Waals surface area contributed by atoms with Gasteiger partial charge in [0, 0.05) is 15.5 Å². The lowest BCUT2D eigenvalue weighted by Crippen LogP contribution is -1.74. The quantitative estimate of drug-likeness (QED) is 0.641. The molecule has 2 heterocycles. The highest BCUT2D eigenvalue weighted by Crippen LogP contribution is 2.32. The average molecular weight is 227 g/mol. The van der Waals surface area contributed by atoms with Crippen LogP contribution in [0, 0.1) is 11.3 Å². The molecule has 76 valence electrons. The van der Waals surface area contributed by atoms with Gasteiger partial charge in [-0.05, 0) is 6.07 Å². The molecule has 0 amide bonds. The number of fused-ring (bicyclic) bond motifs is 1. The predicted octanol–water partition coefficient (Wildman–Crippen LogP) is 2.82. The van der Waals surface area contributed by atoms with Crippen molar-refractivity contribution in [3.05, 3.63) is 35.5 Å². The fourth-order valence-electron chi connectivity index (χ4n) is 1.52. The van der Waals surface area contributed by atoms with Crippen molar-refractivity contribution in [2.24, 2.45) is 0 Å². The minimum Gasteiger partial charge on any atom is -0.408 e. The van der Waals surface area contributed by atoms with E-state index < -0.39 is 0 Å². The normalized spacial score (nSPS) is 10.4. The number of hydrogen-bond acceptors (Lipinski definition) is 5. The van der Waals surface area contributed by atoms with Crippen molar-refractivity contribution in [3.8, 4) is 17.5 Å². The molecule has 16 heavy (non-hydrogen) atoms. The second-order valence-corrected chi connectivity index (χ2v) is 4.08. The first-order valence-corrected chi connectivity index (χ1v) is 5.46. The maximum Gasteiger partial charge on any atom is 0.321 e. The second-order valence-electron chi connectivity index (χ2n) is 3.17. The maximum atomic E-state index is 8.62. The number of thiophene rings is 1. The van der Waals surface area contributed by atoms with E-state index in [1.807, 2.05) is 35.7 Å². The van der Waals surface area contributed by atoms with E-state index in [2.05, 4.69) is 10.2 Å². The SMILES string of the molecule is N#Cc1nnc(-c2csc3ccccc23)o1. The molecule has 0 unspecified atom stereocenters. The fourth-order valence-corrected chi connectivity index (χ4v) is 2.46. The van der Waals surface area contributed by atoms with Crippen LogP contribution in [0.1, 0.15) is 5.89 Å². The molecule has 0 atom stereocenters. The van der Waals surface area contributed by atoms with Gasteiger partial charge in [-0.15, -0.1) is 16.4 Å². The van der Waals surface area contributed by atoms with E-state index in [4.69, 9.17) is 9.68 Å². The van der Waals surface area contributed by atoms with Crippen LogP contribution in [0.15, 0.2) is 34.1 Å². The van der Waals surface area contributed by atoms with Crippen LogP contribution in [0.5, 0.6) is 0 Å². The molecular weight excluding hydrogens is 222 g/mol. The van der Waals surface area contributed by atoms with Crippen molar-refractivity contribution in [3.63, 3.8) is 0 Å². The van der Waals surface area contributed by atoms with Crippen molar-refractivity contribution >= 4 is 21.4 Å². The monoisotopic (exact) mass is 227 g/mol. The Morgan fingerprint density at radius 3 is 2.94 bits per heavy atom. The number of nitriles is 1. The summed E-state index contributed by atoms with van der Waals surface area (Å²) in [4.78, 5) is 0. The van der Waals surface area contributed by atoms with E-state index in [1.165, 1.54) is 0 Å². The molecule has 0 radical (unpaired) electrons. The molecule has 0 aliphatic heterocycles. The fraction of sp³-hybridized carbons (Fsp3) is 0. The molecule has 0 bridgehead atoms. The summed E-state index contributed by atoms with van der Waals surface area (Å²) in [5, 5.41) is 19.1. The Morgan fingerprint density at radius 1 is 1.25 bits per heavy atom. The summed E-state index contributed by atoms with van der Waals surface area (Å²) in [5.74, 6) is 0.388. The van der Waals surface area contributed by atoms with Crippen LogP contribution in [-0.2, 0) is 0 Å². The number of rotatable bonds is 1. The zero-order valence-corrected chi connectivity index (χ0v) is 8.86. The Balaban J connectivity index is 2.23. The third kappa shape index (κ3) is 1.28. The number of nitrogens with zero attached hydrogens (tertiary/aromatic N) is 3. The van der Waals surface area contributed by atoms with E-state index in [9.17, 15) is 0 Å². The zero-order valence-electron chi connectivity index (χ0n) is 8.04. The molecule has 0 fully saturated rings. The van der Waals surface area contributed by atoms with Gasteiger partial charge in [0.1, 0.15) is 0 Å². The highest BCUT2D eigenvalue weighted by atomic mass is 32.1. The molecule has 0 spiro atoms. The van der Waals surface area contributed by atoms with Crippen molar-refractivity contribution in [2.45, 2.75) is 0 Å². The molecule has 3 aromatic rings. The number of aromatic nitrogens is 2. The van der Waals surface area contributed by atoms with Crippen molar-refractivity contribution in [2.75, 3.05) is 0 Å². The van der Waals surface area contributed by atoms with Gasteiger partial charge in [0.05, 0.1) is 5.56 Å². The highest BCUT2D eigenvalue weighted by Gasteiger charge is 2.12. The van der Waals surface area contributed by atoms with Gasteiger partial charge in [-0.3, -0.25) is 0 Å². The van der Waals surface area contributed by atoms with Crippen LogP contribution >= 0.6 is 11.3 Å². The van der Waals surface area contributed by atoms with E-state index in [0.717, 1.165) is 15.6 Å². The summed E-state index contributed by atoms with van der Waals surface area (Å²) in [6.07, 6.45) is 0. The lowest BCUT2D eigenvalue weighted by Gasteiger charge is -1.91. The van der Waals surface area contributed by atoms with Gasteiger partial charge in [0.2, 0.25) is 5.89 Å². The molecular formula is C11H5N3OS. The number of hydrogen-bond donors (Lipinski definition) is 0. The van der Waals surface area contributed by atoms with Crippen LogP contribution in [0.2, 0.25) is 0 Å². The van der Waals surface area contributed by atoms with E-state index >= 15 is 0 Å². The summed E-state index contributed by atoms with van der Waals surface area (Å²) >= 11 is 1.61. The van der Waals surface area contributed by atoms with Crippen molar-refractivity contribution in [1.82, 2.24) is 10.2 Å². The van der Waals surface area contributed by atoms with E-state index in [-0.39, 0.29) is 5.89 Å². The lowest BCUT2D eigenvalue weighted by atomic mass is 10.2. The Bertz CT molecular complexity index is 692. The summed E-state index contributed by atoms with van der Waals surface area (Å²) in [5.41, 5.74) is 0.884. The zero-order chi connectivity index (χ0) is 11.0. The third-order valence-corrected chi connectivity index (χ3v) is 3.20. The van der Waals surface area contributed by atoms with Crippen molar-refractivity contribution in [1.29, 1.82) is 5.26 Å². The molecule has 0 saturated carbocycles. The van der Waals surface area contributed by atoms with Gasteiger partial charge in [0.25, 0.3) is 0 Å². The average Bonchev–Trinajstić information content (AvgIpc) is 2.94. The van der Waals surface area contributed by atoms with Crippen LogP contribution in [0.3, 0.4) is 0 Å². The van der Waals surface area contributed by atoms with E-state index in [1.54, 1.807) is 11.3 Å². The van der Waals surface area contributed by atoms with Crippen LogP contribution in [0.4, 0.5) is 0 Å². The van der Waals surface area contributed by atoms with Gasteiger partial charge in [-0.2, -0.15) is 5.26 Å². The van der Waals surface area contributed by atoms with Crippen LogP contribution < -0.4 is 0 Å². The van der Waals surface area contributed by atoms with Crippen molar-refractivity contribution < 1.29 is 4.42 Å². The molecule has 4 nitrogen and oxygen atoms in total. The van der Waals surface area contributed by atoms with Crippen LogP contribution in [0.25, 0.3) is 21.5 Å². The molecule has 0 aliphatic carbocycles. The minimum absolute atomic E-state index is 0.00900. The number of benzene rings is 1. The summed E-state index contributed by atoms with van der Waals surface area (Å²) in [6, 6.07) is 9.79. The first-order valence-electron chi connectivity index (χ1n) is 4.58. The van der Waals surface area contributed by atoms with Gasteiger partial charge in [-0.25, -0.2) is 0 Å². The molecule has 0 N–H and O–H groups in total. The molecule has 5 heteroatoms. The molecule has 2 aromatic heterocycles. The third-order valence-electron chi connectivity index (χ3n) is 2.23. The Labute approximate surface area is 94.8 Å². The molecule has 3 rings (SSSR count). The minimum atomic E-state index is -0.00900. The Morgan fingerprint density at radius 2 is 2.12 bits per heavy atom. The smallest absolute Gasteiger partial charge is 0.321 e. The first-order chi connectivity index (χ1) is 7.88. The second kappa shape index (κ2) is 3.43. The Hall–Kier alpha value is -2.19. The topological polar surface area (TPSA) is 62.7 Å². The summed E-state index contributed by atoms with van der Waals surface area (Å²) in [7, 11) is 0. The summed E-state index contributed by atoms with van der Waals surface area (Å²) < 4.78 is 6.37. The van der Waals surface area contributed by atoms with Gasteiger partial charge >= 0.3 is 5.89 Å². The maximum absolute atomic E-state index is 8.62. The molecule has 0 aliphatic rings. The largest absolute Gasteiger partial charge is 0.408 e. The highest BCUT2D eigenvalue weighted by molar-refractivity contribution is 7.17. The van der Waals surface area contributed by atoms with Crippen LogP contribution in [-0.4, -0.2) is 10.2 Å².